The molecule has 0 radical (unpaired) electrons. The van der Waals surface area contributed by atoms with E-state index in [0.717, 1.165) is 11.3 Å². The molecule has 2 amide bonds. The van der Waals surface area contributed by atoms with E-state index in [4.69, 9.17) is 9.84 Å². The highest BCUT2D eigenvalue weighted by Gasteiger charge is 2.15. The third-order valence-electron chi connectivity index (χ3n) is 3.53. The number of aliphatic hydroxyl groups is 1. The van der Waals surface area contributed by atoms with Crippen LogP contribution in [0.25, 0.3) is 0 Å². The number of methoxy groups -OCH3 is 1. The van der Waals surface area contributed by atoms with Crippen molar-refractivity contribution in [2.45, 2.75) is 39.3 Å². The molecule has 0 aliphatic carbocycles. The number of hydrogen-bond donors (Lipinski definition) is 3. The molecule has 5 nitrogen and oxygen atoms in total. The first-order chi connectivity index (χ1) is 9.97. The van der Waals surface area contributed by atoms with Gasteiger partial charge in [-0.25, -0.2) is 4.79 Å². The van der Waals surface area contributed by atoms with Crippen LogP contribution in [-0.4, -0.2) is 30.9 Å². The van der Waals surface area contributed by atoms with Crippen LogP contribution in [0.2, 0.25) is 0 Å². The molecular formula is C16H26N2O3. The Morgan fingerprint density at radius 3 is 2.62 bits per heavy atom. The molecule has 0 fully saturated rings. The summed E-state index contributed by atoms with van der Waals surface area (Å²) >= 11 is 0. The maximum atomic E-state index is 12.0. The monoisotopic (exact) mass is 294 g/mol. The first-order valence-corrected chi connectivity index (χ1v) is 7.29. The van der Waals surface area contributed by atoms with Crippen LogP contribution < -0.4 is 10.6 Å². The van der Waals surface area contributed by atoms with Crippen LogP contribution in [0.1, 0.15) is 38.9 Å². The average molecular weight is 294 g/mol. The molecule has 0 spiro atoms. The van der Waals surface area contributed by atoms with E-state index in [0.29, 0.717) is 6.42 Å². The highest BCUT2D eigenvalue weighted by Crippen LogP contribution is 2.19. The quantitative estimate of drug-likeness (QED) is 0.724. The molecule has 0 heterocycles. The first-order valence-electron chi connectivity index (χ1n) is 7.29. The molecule has 0 bridgehead atoms. The average Bonchev–Trinajstić information content (AvgIpc) is 2.46. The van der Waals surface area contributed by atoms with Gasteiger partial charge in [0.15, 0.2) is 0 Å². The summed E-state index contributed by atoms with van der Waals surface area (Å²) in [5, 5.41) is 14.7. The number of carbonyl (C=O) groups excluding carboxylic acids is 1. The van der Waals surface area contributed by atoms with Gasteiger partial charge >= 0.3 is 6.03 Å². The van der Waals surface area contributed by atoms with E-state index in [-0.39, 0.29) is 30.7 Å². The maximum absolute atomic E-state index is 12.0. The van der Waals surface area contributed by atoms with E-state index in [2.05, 4.69) is 10.6 Å². The van der Waals surface area contributed by atoms with Crippen LogP contribution in [-0.2, 0) is 4.74 Å². The highest BCUT2D eigenvalue weighted by molar-refractivity contribution is 5.89. The van der Waals surface area contributed by atoms with Crippen LogP contribution in [0.4, 0.5) is 10.5 Å². The van der Waals surface area contributed by atoms with Gasteiger partial charge < -0.3 is 20.5 Å². The molecule has 1 aromatic carbocycles. The Morgan fingerprint density at radius 1 is 1.33 bits per heavy atom. The van der Waals surface area contributed by atoms with Crippen molar-refractivity contribution in [3.63, 3.8) is 0 Å². The normalized spacial score (nSPS) is 13.8. The summed E-state index contributed by atoms with van der Waals surface area (Å²) in [7, 11) is 1.65. The van der Waals surface area contributed by atoms with E-state index < -0.39 is 0 Å². The summed E-state index contributed by atoms with van der Waals surface area (Å²) in [6, 6.07) is 7.26. The minimum absolute atomic E-state index is 0.0207. The molecule has 0 saturated carbocycles. The Hall–Kier alpha value is -1.59. The van der Waals surface area contributed by atoms with Gasteiger partial charge in [0.25, 0.3) is 0 Å². The van der Waals surface area contributed by atoms with Gasteiger partial charge in [-0.3, -0.25) is 0 Å². The van der Waals surface area contributed by atoms with Gasteiger partial charge in [-0.05, 0) is 37.0 Å². The Morgan fingerprint density at radius 2 is 2.05 bits per heavy atom. The van der Waals surface area contributed by atoms with Crippen molar-refractivity contribution in [2.75, 3.05) is 19.0 Å². The van der Waals surface area contributed by atoms with Crippen LogP contribution in [0.5, 0.6) is 0 Å². The lowest BCUT2D eigenvalue weighted by Gasteiger charge is -2.22. The third-order valence-corrected chi connectivity index (χ3v) is 3.53. The second kappa shape index (κ2) is 8.64. The van der Waals surface area contributed by atoms with Crippen LogP contribution in [0, 0.1) is 5.92 Å². The van der Waals surface area contributed by atoms with Gasteiger partial charge in [-0.2, -0.15) is 0 Å². The van der Waals surface area contributed by atoms with Crippen molar-refractivity contribution in [1.82, 2.24) is 5.32 Å². The molecule has 5 heteroatoms. The number of urea groups is 1. The molecule has 0 aromatic heterocycles. The molecule has 0 unspecified atom stereocenters. The number of benzene rings is 1. The molecule has 2 atom stereocenters. The van der Waals surface area contributed by atoms with Crippen molar-refractivity contribution >= 4 is 11.7 Å². The van der Waals surface area contributed by atoms with E-state index in [1.165, 1.54) is 0 Å². The van der Waals surface area contributed by atoms with Gasteiger partial charge in [-0.15, -0.1) is 0 Å². The third kappa shape index (κ3) is 5.73. The van der Waals surface area contributed by atoms with E-state index in [1.54, 1.807) is 7.11 Å². The molecule has 0 aliphatic heterocycles. The van der Waals surface area contributed by atoms with Crippen molar-refractivity contribution in [2.24, 2.45) is 5.92 Å². The lowest BCUT2D eigenvalue weighted by molar-refractivity contribution is 0.119. The standard InChI is InChI=1S/C16H26N2O3/c1-11(2)15(8-9-19)18-16(20)17-14-7-5-6-13(10-14)12(3)21-4/h5-7,10-12,15,19H,8-9H2,1-4H3,(H2,17,18,20)/t12-,15-/m1/s1. The fourth-order valence-electron chi connectivity index (χ4n) is 2.05. The van der Waals surface area contributed by atoms with Crippen LogP contribution in [0.3, 0.4) is 0 Å². The molecule has 1 aromatic rings. The molecule has 3 N–H and O–H groups in total. The van der Waals surface area contributed by atoms with Gasteiger partial charge in [0.05, 0.1) is 6.10 Å². The Labute approximate surface area is 126 Å². The van der Waals surface area contributed by atoms with Gasteiger partial charge in [0, 0.05) is 25.4 Å². The highest BCUT2D eigenvalue weighted by atomic mass is 16.5. The number of ether oxygens (including phenoxy) is 1. The largest absolute Gasteiger partial charge is 0.396 e. The zero-order chi connectivity index (χ0) is 15.8. The summed E-state index contributed by atoms with van der Waals surface area (Å²) in [5.41, 5.74) is 1.73. The fourth-order valence-corrected chi connectivity index (χ4v) is 2.05. The van der Waals surface area contributed by atoms with Crippen molar-refractivity contribution in [3.05, 3.63) is 29.8 Å². The topological polar surface area (TPSA) is 70.6 Å². The van der Waals surface area contributed by atoms with Gasteiger partial charge in [0.2, 0.25) is 0 Å². The second-order valence-electron chi connectivity index (χ2n) is 5.46. The number of aliphatic hydroxyl groups excluding tert-OH is 1. The molecular weight excluding hydrogens is 268 g/mol. The minimum atomic E-state index is -0.260. The number of anilines is 1. The lowest BCUT2D eigenvalue weighted by Crippen LogP contribution is -2.41. The SMILES string of the molecule is CO[C@H](C)c1cccc(NC(=O)N[C@H](CCO)C(C)C)c1. The van der Waals surface area contributed by atoms with E-state index in [1.807, 2.05) is 45.0 Å². The smallest absolute Gasteiger partial charge is 0.319 e. The second-order valence-corrected chi connectivity index (χ2v) is 5.46. The Kier molecular flexibility index (Phi) is 7.19. The van der Waals surface area contributed by atoms with Gasteiger partial charge in [-0.1, -0.05) is 26.0 Å². The Bertz CT molecular complexity index is 449. The lowest BCUT2D eigenvalue weighted by atomic mass is 10.0. The number of amides is 2. The van der Waals surface area contributed by atoms with E-state index in [9.17, 15) is 4.79 Å². The molecule has 1 rings (SSSR count). The minimum Gasteiger partial charge on any atom is -0.396 e. The summed E-state index contributed by atoms with van der Waals surface area (Å²) in [6.45, 7) is 6.04. The van der Waals surface area contributed by atoms with E-state index >= 15 is 0 Å². The molecule has 0 aliphatic rings. The van der Waals surface area contributed by atoms with Gasteiger partial charge in [0.1, 0.15) is 0 Å². The van der Waals surface area contributed by atoms with Crippen molar-refractivity contribution in [1.29, 1.82) is 0 Å². The number of nitrogens with one attached hydrogen (secondary N) is 2. The zero-order valence-corrected chi connectivity index (χ0v) is 13.2. The number of hydrogen-bond acceptors (Lipinski definition) is 3. The molecule has 0 saturated heterocycles. The molecule has 118 valence electrons. The molecule has 21 heavy (non-hydrogen) atoms. The maximum Gasteiger partial charge on any atom is 0.319 e. The predicted molar refractivity (Wildman–Crippen MR) is 84.3 cm³/mol. The number of carbonyl (C=O) groups is 1. The van der Waals surface area contributed by atoms with Crippen LogP contribution in [0.15, 0.2) is 24.3 Å². The summed E-state index contributed by atoms with van der Waals surface area (Å²) in [5.74, 6) is 0.266. The van der Waals surface area contributed by atoms with Crippen LogP contribution >= 0.6 is 0 Å². The van der Waals surface area contributed by atoms with Crippen molar-refractivity contribution < 1.29 is 14.6 Å². The number of rotatable bonds is 7. The summed E-state index contributed by atoms with van der Waals surface area (Å²) in [6.07, 6.45) is 0.527. The predicted octanol–water partition coefficient (Wildman–Crippen LogP) is 2.92. The summed E-state index contributed by atoms with van der Waals surface area (Å²) in [4.78, 5) is 12.0. The summed E-state index contributed by atoms with van der Waals surface area (Å²) < 4.78 is 5.27. The zero-order valence-electron chi connectivity index (χ0n) is 13.2. The fraction of sp³-hybridized carbons (Fsp3) is 0.562. The Balaban J connectivity index is 2.66. The van der Waals surface area contributed by atoms with Crippen molar-refractivity contribution in [3.8, 4) is 0 Å². The first kappa shape index (κ1) is 17.5.